The smallest absolute Gasteiger partial charge is 0.255 e. The Kier molecular flexibility index (Phi) is 6.25. The molecule has 0 radical (unpaired) electrons. The van der Waals surface area contributed by atoms with Gasteiger partial charge in [-0.3, -0.25) is 14.7 Å². The molecule has 1 saturated heterocycles. The zero-order chi connectivity index (χ0) is 21.0. The van der Waals surface area contributed by atoms with Gasteiger partial charge in [-0.1, -0.05) is 20.8 Å². The van der Waals surface area contributed by atoms with Gasteiger partial charge in [0.25, 0.3) is 5.91 Å². The van der Waals surface area contributed by atoms with E-state index in [2.05, 4.69) is 36.3 Å². The number of nitrogens with zero attached hydrogens (tertiary/aromatic N) is 2. The molecule has 0 bridgehead atoms. The Morgan fingerprint density at radius 3 is 2.66 bits per heavy atom. The number of hydrogen-bond donors (Lipinski definition) is 2. The van der Waals surface area contributed by atoms with Crippen LogP contribution >= 0.6 is 0 Å². The summed E-state index contributed by atoms with van der Waals surface area (Å²) in [4.78, 5) is 27.2. The van der Waals surface area contributed by atoms with Gasteiger partial charge in [-0.05, 0) is 42.5 Å². The summed E-state index contributed by atoms with van der Waals surface area (Å²) in [6.07, 6.45) is 4.05. The molecule has 0 saturated carbocycles. The number of amides is 2. The molecule has 2 aromatic rings. The van der Waals surface area contributed by atoms with Crippen LogP contribution in [0.25, 0.3) is 0 Å². The van der Waals surface area contributed by atoms with E-state index in [1.165, 1.54) is 0 Å². The SMILES string of the molecule is COc1ccc(C(=O)Nc2cn[nH]c2[C@@H]2CCCN(C(=O)CC(C)(C)C)C2)cc1. The first kappa shape index (κ1) is 20.9. The fourth-order valence-corrected chi connectivity index (χ4v) is 3.65. The molecule has 29 heavy (non-hydrogen) atoms. The first-order valence-electron chi connectivity index (χ1n) is 10.0. The number of hydrogen-bond acceptors (Lipinski definition) is 4. The minimum atomic E-state index is -0.202. The standard InChI is InChI=1S/C22H30N4O3/c1-22(2,3)12-19(27)26-11-5-6-16(14-26)20-18(13-23-25-20)24-21(28)15-7-9-17(29-4)10-8-15/h7-10,13,16H,5-6,11-12,14H2,1-4H3,(H,23,25)(H,24,28)/t16-/m1/s1. The number of rotatable bonds is 5. The summed E-state index contributed by atoms with van der Waals surface area (Å²) in [5.74, 6) is 0.811. The van der Waals surface area contributed by atoms with E-state index in [1.807, 2.05) is 4.90 Å². The molecular formula is C22H30N4O3. The molecular weight excluding hydrogens is 368 g/mol. The van der Waals surface area contributed by atoms with Crippen LogP contribution in [0.15, 0.2) is 30.5 Å². The van der Waals surface area contributed by atoms with E-state index in [1.54, 1.807) is 37.6 Å². The number of aromatic amines is 1. The van der Waals surface area contributed by atoms with Gasteiger partial charge in [-0.2, -0.15) is 5.10 Å². The number of benzene rings is 1. The molecule has 1 fully saturated rings. The molecule has 0 aliphatic carbocycles. The van der Waals surface area contributed by atoms with E-state index in [4.69, 9.17) is 4.74 Å². The number of aromatic nitrogens is 2. The summed E-state index contributed by atoms with van der Waals surface area (Å²) >= 11 is 0. The molecule has 7 heteroatoms. The van der Waals surface area contributed by atoms with Gasteiger partial charge in [-0.15, -0.1) is 0 Å². The number of H-pyrrole nitrogens is 1. The van der Waals surface area contributed by atoms with Gasteiger partial charge in [0.05, 0.1) is 24.7 Å². The molecule has 2 amide bonds. The lowest BCUT2D eigenvalue weighted by Gasteiger charge is -2.34. The molecule has 1 atom stereocenters. The Hall–Kier alpha value is -2.83. The molecule has 1 aromatic heterocycles. The highest BCUT2D eigenvalue weighted by Gasteiger charge is 2.29. The Balaban J connectivity index is 1.68. The molecule has 3 rings (SSSR count). The summed E-state index contributed by atoms with van der Waals surface area (Å²) in [5.41, 5.74) is 2.06. The molecule has 7 nitrogen and oxygen atoms in total. The molecule has 1 aromatic carbocycles. The molecule has 156 valence electrons. The third-order valence-electron chi connectivity index (χ3n) is 5.13. The first-order chi connectivity index (χ1) is 13.8. The van der Waals surface area contributed by atoms with E-state index in [-0.39, 0.29) is 23.1 Å². The number of likely N-dealkylation sites (tertiary alicyclic amines) is 1. The van der Waals surface area contributed by atoms with E-state index in [0.29, 0.717) is 30.0 Å². The molecule has 1 aliphatic heterocycles. The van der Waals surface area contributed by atoms with Crippen molar-refractivity contribution in [3.05, 3.63) is 41.7 Å². The predicted octanol–water partition coefficient (Wildman–Crippen LogP) is 3.81. The Morgan fingerprint density at radius 1 is 1.28 bits per heavy atom. The topological polar surface area (TPSA) is 87.3 Å². The quantitative estimate of drug-likeness (QED) is 0.802. The number of anilines is 1. The number of nitrogens with one attached hydrogen (secondary N) is 2. The maximum absolute atomic E-state index is 12.6. The highest BCUT2D eigenvalue weighted by atomic mass is 16.5. The van der Waals surface area contributed by atoms with Gasteiger partial charge >= 0.3 is 0 Å². The van der Waals surface area contributed by atoms with Gasteiger partial charge in [0, 0.05) is 31.0 Å². The summed E-state index contributed by atoms with van der Waals surface area (Å²) in [7, 11) is 1.59. The van der Waals surface area contributed by atoms with Gasteiger partial charge in [0.15, 0.2) is 0 Å². The molecule has 2 heterocycles. The van der Waals surface area contributed by atoms with Gasteiger partial charge in [0.2, 0.25) is 5.91 Å². The van der Waals surface area contributed by atoms with Crippen molar-refractivity contribution in [2.75, 3.05) is 25.5 Å². The first-order valence-corrected chi connectivity index (χ1v) is 10.0. The molecule has 1 aliphatic rings. The monoisotopic (exact) mass is 398 g/mol. The zero-order valence-electron chi connectivity index (χ0n) is 17.6. The summed E-state index contributed by atoms with van der Waals surface area (Å²) in [6.45, 7) is 7.66. The molecule has 0 unspecified atom stereocenters. The van der Waals surface area contributed by atoms with E-state index >= 15 is 0 Å². The minimum absolute atomic E-state index is 0.0322. The van der Waals surface area contributed by atoms with Gasteiger partial charge in [-0.25, -0.2) is 0 Å². The van der Waals surface area contributed by atoms with Crippen molar-refractivity contribution >= 4 is 17.5 Å². The van der Waals surface area contributed by atoms with Crippen LogP contribution in [0, 0.1) is 5.41 Å². The highest BCUT2D eigenvalue weighted by molar-refractivity contribution is 6.04. The maximum Gasteiger partial charge on any atom is 0.255 e. The second kappa shape index (κ2) is 8.68. The fraction of sp³-hybridized carbons (Fsp3) is 0.500. The van der Waals surface area contributed by atoms with Crippen molar-refractivity contribution in [2.45, 2.75) is 46.0 Å². The average molecular weight is 399 g/mol. The summed E-state index contributed by atoms with van der Waals surface area (Å²) < 4.78 is 5.13. The largest absolute Gasteiger partial charge is 0.497 e. The van der Waals surface area contributed by atoms with Crippen LogP contribution < -0.4 is 10.1 Å². The summed E-state index contributed by atoms with van der Waals surface area (Å²) in [5, 5.41) is 10.1. The van der Waals surface area contributed by atoms with Crippen molar-refractivity contribution in [3.8, 4) is 5.75 Å². The normalized spacial score (nSPS) is 17.1. The fourth-order valence-electron chi connectivity index (χ4n) is 3.65. The lowest BCUT2D eigenvalue weighted by Crippen LogP contribution is -2.40. The Morgan fingerprint density at radius 2 is 2.00 bits per heavy atom. The predicted molar refractivity (Wildman–Crippen MR) is 112 cm³/mol. The second-order valence-corrected chi connectivity index (χ2v) is 8.80. The van der Waals surface area contributed by atoms with E-state index in [0.717, 1.165) is 25.1 Å². The van der Waals surface area contributed by atoms with Crippen molar-refractivity contribution in [3.63, 3.8) is 0 Å². The van der Waals surface area contributed by atoms with Crippen LogP contribution in [0.2, 0.25) is 0 Å². The molecule has 0 spiro atoms. The van der Waals surface area contributed by atoms with E-state index in [9.17, 15) is 9.59 Å². The van der Waals surface area contributed by atoms with Crippen molar-refractivity contribution in [1.29, 1.82) is 0 Å². The summed E-state index contributed by atoms with van der Waals surface area (Å²) in [6, 6.07) is 6.96. The number of ether oxygens (including phenoxy) is 1. The van der Waals surface area contributed by atoms with Crippen LogP contribution in [0.3, 0.4) is 0 Å². The van der Waals surface area contributed by atoms with E-state index < -0.39 is 0 Å². The average Bonchev–Trinajstić information content (AvgIpc) is 3.15. The van der Waals surface area contributed by atoms with Crippen LogP contribution in [0.1, 0.15) is 62.0 Å². The van der Waals surface area contributed by atoms with Crippen molar-refractivity contribution < 1.29 is 14.3 Å². The van der Waals surface area contributed by atoms with Gasteiger partial charge in [0.1, 0.15) is 5.75 Å². The Bertz CT molecular complexity index is 852. The molecule has 2 N–H and O–H groups in total. The lowest BCUT2D eigenvalue weighted by molar-refractivity contribution is -0.134. The van der Waals surface area contributed by atoms with Crippen molar-refractivity contribution in [1.82, 2.24) is 15.1 Å². The van der Waals surface area contributed by atoms with Gasteiger partial charge < -0.3 is 15.0 Å². The van der Waals surface area contributed by atoms with Crippen LogP contribution in [-0.4, -0.2) is 47.1 Å². The second-order valence-electron chi connectivity index (χ2n) is 8.80. The number of carbonyl (C=O) groups is 2. The van der Waals surface area contributed by atoms with Crippen LogP contribution in [-0.2, 0) is 4.79 Å². The highest BCUT2D eigenvalue weighted by Crippen LogP contribution is 2.32. The number of piperidine rings is 1. The third kappa shape index (κ3) is 5.37. The number of methoxy groups -OCH3 is 1. The minimum Gasteiger partial charge on any atom is -0.497 e. The van der Waals surface area contributed by atoms with Crippen molar-refractivity contribution in [2.24, 2.45) is 5.41 Å². The maximum atomic E-state index is 12.6. The Labute approximate surface area is 171 Å². The lowest BCUT2D eigenvalue weighted by atomic mass is 9.89. The number of carbonyl (C=O) groups excluding carboxylic acids is 2. The van der Waals surface area contributed by atoms with Crippen LogP contribution in [0.5, 0.6) is 5.75 Å². The third-order valence-corrected chi connectivity index (χ3v) is 5.13. The van der Waals surface area contributed by atoms with Crippen LogP contribution in [0.4, 0.5) is 5.69 Å². The zero-order valence-corrected chi connectivity index (χ0v) is 17.6.